The summed E-state index contributed by atoms with van der Waals surface area (Å²) in [7, 11) is 0. The lowest BCUT2D eigenvalue weighted by atomic mass is 10.0. The Bertz CT molecular complexity index is 962. The van der Waals surface area contributed by atoms with E-state index in [2.05, 4.69) is 43.5 Å². The van der Waals surface area contributed by atoms with Crippen LogP contribution in [0.3, 0.4) is 0 Å². The van der Waals surface area contributed by atoms with Crippen molar-refractivity contribution in [3.05, 3.63) is 36.5 Å². The van der Waals surface area contributed by atoms with E-state index in [9.17, 15) is 20.1 Å². The molecule has 0 fully saturated rings. The molecular formula is C57H109NO4. The Kier molecular flexibility index (Phi) is 51.0. The molecular weight excluding hydrogens is 763 g/mol. The maximum atomic E-state index is 12.5. The number of aliphatic hydroxyl groups excluding tert-OH is 3. The lowest BCUT2D eigenvalue weighted by molar-refractivity contribution is -0.131. The molecule has 4 N–H and O–H groups in total. The van der Waals surface area contributed by atoms with Gasteiger partial charge >= 0.3 is 0 Å². The monoisotopic (exact) mass is 872 g/mol. The topological polar surface area (TPSA) is 89.8 Å². The molecule has 0 saturated heterocycles. The molecule has 0 aromatic rings. The van der Waals surface area contributed by atoms with Crippen LogP contribution in [0.25, 0.3) is 0 Å². The number of carbonyl (C=O) groups excluding carboxylic acids is 1. The third-order valence-electron chi connectivity index (χ3n) is 13.0. The summed E-state index contributed by atoms with van der Waals surface area (Å²) >= 11 is 0. The molecule has 0 rings (SSSR count). The highest BCUT2D eigenvalue weighted by Crippen LogP contribution is 2.17. The van der Waals surface area contributed by atoms with Gasteiger partial charge in [-0.05, 0) is 57.8 Å². The van der Waals surface area contributed by atoms with Gasteiger partial charge in [0.15, 0.2) is 0 Å². The van der Waals surface area contributed by atoms with Crippen molar-refractivity contribution in [2.24, 2.45) is 0 Å². The highest BCUT2D eigenvalue weighted by atomic mass is 16.3. The smallest absolute Gasteiger partial charge is 0.249 e. The van der Waals surface area contributed by atoms with E-state index < -0.39 is 24.2 Å². The van der Waals surface area contributed by atoms with Gasteiger partial charge in [0.05, 0.1) is 18.8 Å². The zero-order chi connectivity index (χ0) is 45.1. The summed E-state index contributed by atoms with van der Waals surface area (Å²) in [6, 6.07) is -0.813. The van der Waals surface area contributed by atoms with Crippen molar-refractivity contribution < 1.29 is 20.1 Å². The average molecular weight is 873 g/mol. The molecule has 0 radical (unpaired) electrons. The van der Waals surface area contributed by atoms with E-state index in [0.717, 1.165) is 38.5 Å². The van der Waals surface area contributed by atoms with Gasteiger partial charge in [0.25, 0.3) is 0 Å². The van der Waals surface area contributed by atoms with E-state index in [1.165, 1.54) is 238 Å². The lowest BCUT2D eigenvalue weighted by Crippen LogP contribution is -2.48. The van der Waals surface area contributed by atoms with Crippen LogP contribution in [0.5, 0.6) is 0 Å². The lowest BCUT2D eigenvalue weighted by Gasteiger charge is -2.21. The fourth-order valence-electron chi connectivity index (χ4n) is 8.61. The van der Waals surface area contributed by atoms with Crippen molar-refractivity contribution in [1.29, 1.82) is 0 Å². The minimum absolute atomic E-state index is 0.375. The first-order valence-corrected chi connectivity index (χ1v) is 27.8. The summed E-state index contributed by atoms with van der Waals surface area (Å²) < 4.78 is 0. The summed E-state index contributed by atoms with van der Waals surface area (Å²) in [5.41, 5.74) is 0. The van der Waals surface area contributed by atoms with Crippen LogP contribution in [0.2, 0.25) is 0 Å². The molecule has 0 aromatic heterocycles. The second kappa shape index (κ2) is 52.2. The predicted octanol–water partition coefficient (Wildman–Crippen LogP) is 17.1. The average Bonchev–Trinajstić information content (AvgIpc) is 3.28. The summed E-state index contributed by atoms with van der Waals surface area (Å²) in [6.45, 7) is 4.18. The number of rotatable bonds is 51. The first-order valence-electron chi connectivity index (χ1n) is 27.8. The standard InChI is InChI=1S/C57H109NO4/c1-3-5-7-9-11-13-15-17-19-20-21-22-23-24-25-26-27-28-29-30-31-32-33-34-35-36-37-38-40-42-44-46-48-50-52-56(61)57(62)58-54(53-59)55(60)51-49-47-45-43-41-39-18-16-14-12-10-8-6-4-2/h26-27,41,43,49,51,54-56,59-61H,3-25,28-40,42,44-48,50,52-53H2,1-2H3,(H,58,62)/b27-26-,43-41+,51-49+. The molecule has 3 atom stereocenters. The highest BCUT2D eigenvalue weighted by molar-refractivity contribution is 5.80. The number of unbranched alkanes of at least 4 members (excludes halogenated alkanes) is 39. The van der Waals surface area contributed by atoms with E-state index in [1.807, 2.05) is 6.08 Å². The number of aliphatic hydroxyl groups is 3. The van der Waals surface area contributed by atoms with E-state index in [1.54, 1.807) is 6.08 Å². The molecule has 0 aromatic carbocycles. The molecule has 0 bridgehead atoms. The Morgan fingerprint density at radius 2 is 0.661 bits per heavy atom. The van der Waals surface area contributed by atoms with Gasteiger partial charge in [-0.2, -0.15) is 0 Å². The molecule has 5 heteroatoms. The van der Waals surface area contributed by atoms with Crippen LogP contribution in [-0.2, 0) is 4.79 Å². The van der Waals surface area contributed by atoms with Crippen LogP contribution < -0.4 is 5.32 Å². The van der Waals surface area contributed by atoms with Crippen molar-refractivity contribution in [3.63, 3.8) is 0 Å². The Balaban J connectivity index is 3.51. The van der Waals surface area contributed by atoms with Gasteiger partial charge in [0, 0.05) is 0 Å². The molecule has 5 nitrogen and oxygen atoms in total. The second-order valence-corrected chi connectivity index (χ2v) is 19.1. The van der Waals surface area contributed by atoms with E-state index >= 15 is 0 Å². The van der Waals surface area contributed by atoms with Crippen LogP contribution >= 0.6 is 0 Å². The van der Waals surface area contributed by atoms with Crippen LogP contribution in [0.1, 0.15) is 296 Å². The van der Waals surface area contributed by atoms with Gasteiger partial charge in [-0.15, -0.1) is 0 Å². The van der Waals surface area contributed by atoms with E-state index in [-0.39, 0.29) is 6.61 Å². The molecule has 62 heavy (non-hydrogen) atoms. The SMILES string of the molecule is CCCCCCCCCC/C=C/CC/C=C/C(O)C(CO)NC(=O)C(O)CCCCCCCCCCCCCCCCCC/C=C\CCCCCCCCCCCCCCCC. The zero-order valence-electron chi connectivity index (χ0n) is 41.8. The van der Waals surface area contributed by atoms with Crippen LogP contribution in [-0.4, -0.2) is 46.1 Å². The number of hydrogen-bond acceptors (Lipinski definition) is 4. The van der Waals surface area contributed by atoms with Crippen molar-refractivity contribution in [2.75, 3.05) is 6.61 Å². The zero-order valence-corrected chi connectivity index (χ0v) is 41.8. The van der Waals surface area contributed by atoms with Gasteiger partial charge in [0.2, 0.25) is 5.91 Å². The van der Waals surface area contributed by atoms with Crippen LogP contribution in [0, 0.1) is 0 Å². The van der Waals surface area contributed by atoms with E-state index in [4.69, 9.17) is 0 Å². The van der Waals surface area contributed by atoms with Gasteiger partial charge in [-0.3, -0.25) is 4.79 Å². The first-order chi connectivity index (χ1) is 30.6. The molecule has 1 amide bonds. The maximum absolute atomic E-state index is 12.5. The van der Waals surface area contributed by atoms with Crippen LogP contribution in [0.4, 0.5) is 0 Å². The quantitative estimate of drug-likeness (QED) is 0.0362. The molecule has 0 heterocycles. The minimum Gasteiger partial charge on any atom is -0.394 e. The van der Waals surface area contributed by atoms with Gasteiger partial charge in [-0.25, -0.2) is 0 Å². The minimum atomic E-state index is -1.10. The summed E-state index contributed by atoms with van der Waals surface area (Å²) in [5.74, 6) is -0.510. The number of allylic oxidation sites excluding steroid dienone is 5. The number of hydrogen-bond donors (Lipinski definition) is 4. The summed E-state index contributed by atoms with van der Waals surface area (Å²) in [5, 5.41) is 33.2. The predicted molar refractivity (Wildman–Crippen MR) is 273 cm³/mol. The molecule has 366 valence electrons. The Morgan fingerprint density at radius 1 is 0.387 bits per heavy atom. The number of carbonyl (C=O) groups is 1. The van der Waals surface area contributed by atoms with Gasteiger partial charge in [0.1, 0.15) is 6.10 Å². The normalized spacial score (nSPS) is 13.6. The third kappa shape index (κ3) is 46.6. The van der Waals surface area contributed by atoms with Gasteiger partial charge < -0.3 is 20.6 Å². The first kappa shape index (κ1) is 60.6. The molecule has 0 spiro atoms. The largest absolute Gasteiger partial charge is 0.394 e. The molecule has 0 aliphatic carbocycles. The van der Waals surface area contributed by atoms with Crippen molar-refractivity contribution in [3.8, 4) is 0 Å². The molecule has 0 saturated carbocycles. The summed E-state index contributed by atoms with van der Waals surface area (Å²) in [6.07, 6.45) is 68.1. The molecule has 0 aliphatic heterocycles. The van der Waals surface area contributed by atoms with Crippen molar-refractivity contribution in [1.82, 2.24) is 5.32 Å². The fourth-order valence-corrected chi connectivity index (χ4v) is 8.61. The Labute approximate surface area is 387 Å². The maximum Gasteiger partial charge on any atom is 0.249 e. The van der Waals surface area contributed by atoms with E-state index in [0.29, 0.717) is 6.42 Å². The Hall–Kier alpha value is -1.43. The summed E-state index contributed by atoms with van der Waals surface area (Å²) in [4.78, 5) is 12.5. The second-order valence-electron chi connectivity index (χ2n) is 19.1. The highest BCUT2D eigenvalue weighted by Gasteiger charge is 2.22. The third-order valence-corrected chi connectivity index (χ3v) is 13.0. The number of nitrogens with one attached hydrogen (secondary N) is 1. The Morgan fingerprint density at radius 3 is 0.984 bits per heavy atom. The molecule has 3 unspecified atom stereocenters. The number of amides is 1. The van der Waals surface area contributed by atoms with Gasteiger partial charge in [-0.1, -0.05) is 275 Å². The molecule has 0 aliphatic rings. The van der Waals surface area contributed by atoms with Crippen molar-refractivity contribution >= 4 is 5.91 Å². The fraction of sp³-hybridized carbons (Fsp3) is 0.877. The van der Waals surface area contributed by atoms with Crippen molar-refractivity contribution in [2.45, 2.75) is 315 Å². The van der Waals surface area contributed by atoms with Crippen LogP contribution in [0.15, 0.2) is 36.5 Å².